The van der Waals surface area contributed by atoms with Crippen LogP contribution in [0.2, 0.25) is 0 Å². The molecule has 0 aromatic heterocycles. The Kier molecular flexibility index (Phi) is 2.71. The van der Waals surface area contributed by atoms with Crippen molar-refractivity contribution in [1.29, 1.82) is 0 Å². The number of hydrogen-bond acceptors (Lipinski definition) is 2. The number of alkyl halides is 3. The van der Waals surface area contributed by atoms with Crippen LogP contribution < -0.4 is 11.1 Å². The highest BCUT2D eigenvalue weighted by molar-refractivity contribution is 5.01. The molecule has 2 rings (SSSR count). The van der Waals surface area contributed by atoms with E-state index in [1.54, 1.807) is 0 Å². The molecule has 0 bridgehead atoms. The Balaban J connectivity index is 2.09. The second-order valence-electron chi connectivity index (χ2n) is 4.90. The molecule has 1 saturated carbocycles. The van der Waals surface area contributed by atoms with Gasteiger partial charge in [0.25, 0.3) is 0 Å². The van der Waals surface area contributed by atoms with Gasteiger partial charge in [-0.25, -0.2) is 0 Å². The van der Waals surface area contributed by atoms with E-state index in [4.69, 9.17) is 5.73 Å². The van der Waals surface area contributed by atoms with Gasteiger partial charge in [0.15, 0.2) is 0 Å². The zero-order valence-corrected chi connectivity index (χ0v) is 8.61. The first kappa shape index (κ1) is 11.2. The van der Waals surface area contributed by atoms with Crippen molar-refractivity contribution in [1.82, 2.24) is 5.32 Å². The van der Waals surface area contributed by atoms with Crippen LogP contribution in [0.25, 0.3) is 0 Å². The van der Waals surface area contributed by atoms with Crippen LogP contribution >= 0.6 is 0 Å². The van der Waals surface area contributed by atoms with Gasteiger partial charge in [-0.15, -0.1) is 0 Å². The highest BCUT2D eigenvalue weighted by atomic mass is 19.4. The standard InChI is InChI=1S/C10H17F3N2/c11-10(12,13)7-5-8(14)9(6-7)1-3-15-4-2-9/h7-8,15H,1-6,14H2/t7-,8+/m0/s1. The molecule has 1 aliphatic carbocycles. The van der Waals surface area contributed by atoms with Crippen LogP contribution in [0.5, 0.6) is 0 Å². The highest BCUT2D eigenvalue weighted by Crippen LogP contribution is 2.51. The lowest BCUT2D eigenvalue weighted by Gasteiger charge is -2.37. The molecule has 5 heteroatoms. The fourth-order valence-electron chi connectivity index (χ4n) is 3.03. The Hall–Kier alpha value is -0.290. The monoisotopic (exact) mass is 222 g/mol. The van der Waals surface area contributed by atoms with Crippen molar-refractivity contribution in [2.24, 2.45) is 17.1 Å². The maximum absolute atomic E-state index is 12.6. The summed E-state index contributed by atoms with van der Waals surface area (Å²) in [5, 5.41) is 3.17. The SMILES string of the molecule is N[C@@H]1C[C@H](C(F)(F)F)CC12CCNCC2. The predicted molar refractivity (Wildman–Crippen MR) is 51.3 cm³/mol. The second kappa shape index (κ2) is 3.63. The lowest BCUT2D eigenvalue weighted by molar-refractivity contribution is -0.175. The predicted octanol–water partition coefficient (Wildman–Crippen LogP) is 1.66. The van der Waals surface area contributed by atoms with Crippen LogP contribution in [0.1, 0.15) is 25.7 Å². The fourth-order valence-corrected chi connectivity index (χ4v) is 3.03. The van der Waals surface area contributed by atoms with Crippen molar-refractivity contribution in [3.63, 3.8) is 0 Å². The van der Waals surface area contributed by atoms with Crippen LogP contribution in [-0.4, -0.2) is 25.3 Å². The molecular weight excluding hydrogens is 205 g/mol. The van der Waals surface area contributed by atoms with Crippen molar-refractivity contribution in [2.75, 3.05) is 13.1 Å². The molecule has 1 saturated heterocycles. The number of piperidine rings is 1. The largest absolute Gasteiger partial charge is 0.391 e. The third kappa shape index (κ3) is 1.99. The van der Waals surface area contributed by atoms with E-state index in [1.165, 1.54) is 0 Å². The molecule has 0 aromatic rings. The lowest BCUT2D eigenvalue weighted by atomic mass is 9.74. The summed E-state index contributed by atoms with van der Waals surface area (Å²) in [6.45, 7) is 1.61. The third-order valence-corrected chi connectivity index (χ3v) is 4.04. The molecule has 0 aromatic carbocycles. The average Bonchev–Trinajstić information content (AvgIpc) is 2.45. The summed E-state index contributed by atoms with van der Waals surface area (Å²) in [7, 11) is 0. The summed E-state index contributed by atoms with van der Waals surface area (Å²) in [5.41, 5.74) is 5.66. The summed E-state index contributed by atoms with van der Waals surface area (Å²) in [4.78, 5) is 0. The Morgan fingerprint density at radius 2 is 1.80 bits per heavy atom. The summed E-state index contributed by atoms with van der Waals surface area (Å²) in [5.74, 6) is -1.18. The van der Waals surface area contributed by atoms with Crippen molar-refractivity contribution in [2.45, 2.75) is 37.9 Å². The van der Waals surface area contributed by atoms with E-state index in [2.05, 4.69) is 5.32 Å². The number of halogens is 3. The Bertz CT molecular complexity index is 233. The van der Waals surface area contributed by atoms with Gasteiger partial charge in [-0.05, 0) is 44.2 Å². The molecule has 2 fully saturated rings. The Morgan fingerprint density at radius 1 is 1.20 bits per heavy atom. The van der Waals surface area contributed by atoms with Crippen LogP contribution in [0.4, 0.5) is 13.2 Å². The molecule has 1 aliphatic heterocycles. The molecule has 3 N–H and O–H groups in total. The maximum Gasteiger partial charge on any atom is 0.391 e. The van der Waals surface area contributed by atoms with Gasteiger partial charge in [0.05, 0.1) is 5.92 Å². The minimum absolute atomic E-state index is 0.115. The van der Waals surface area contributed by atoms with Crippen molar-refractivity contribution in [3.8, 4) is 0 Å². The lowest BCUT2D eigenvalue weighted by Crippen LogP contribution is -2.45. The smallest absolute Gasteiger partial charge is 0.327 e. The Labute approximate surface area is 87.4 Å². The maximum atomic E-state index is 12.6. The summed E-state index contributed by atoms with van der Waals surface area (Å²) in [6, 6.07) is -0.272. The van der Waals surface area contributed by atoms with Crippen LogP contribution in [0, 0.1) is 11.3 Å². The fraction of sp³-hybridized carbons (Fsp3) is 1.00. The summed E-state index contributed by atoms with van der Waals surface area (Å²) in [6.07, 6.45) is -2.13. The minimum atomic E-state index is -4.06. The summed E-state index contributed by atoms with van der Waals surface area (Å²) >= 11 is 0. The van der Waals surface area contributed by atoms with Gasteiger partial charge in [-0.2, -0.15) is 13.2 Å². The normalized spacial score (nSPS) is 36.0. The molecule has 2 atom stereocenters. The second-order valence-corrected chi connectivity index (χ2v) is 4.90. The van der Waals surface area contributed by atoms with Crippen LogP contribution in [0.3, 0.4) is 0 Å². The van der Waals surface area contributed by atoms with Gasteiger partial charge in [0, 0.05) is 6.04 Å². The van der Waals surface area contributed by atoms with Gasteiger partial charge in [0.2, 0.25) is 0 Å². The first-order valence-corrected chi connectivity index (χ1v) is 5.47. The van der Waals surface area contributed by atoms with Gasteiger partial charge >= 0.3 is 6.18 Å². The van der Waals surface area contributed by atoms with E-state index in [1.807, 2.05) is 0 Å². The third-order valence-electron chi connectivity index (χ3n) is 4.04. The molecule has 2 nitrogen and oxygen atoms in total. The van der Waals surface area contributed by atoms with Crippen molar-refractivity contribution in [3.05, 3.63) is 0 Å². The minimum Gasteiger partial charge on any atom is -0.327 e. The van der Waals surface area contributed by atoms with Crippen molar-refractivity contribution >= 4 is 0 Å². The van der Waals surface area contributed by atoms with Crippen molar-refractivity contribution < 1.29 is 13.2 Å². The van der Waals surface area contributed by atoms with E-state index >= 15 is 0 Å². The molecule has 1 heterocycles. The van der Waals surface area contributed by atoms with Gasteiger partial charge in [0.1, 0.15) is 0 Å². The van der Waals surface area contributed by atoms with Gasteiger partial charge in [-0.1, -0.05) is 0 Å². The average molecular weight is 222 g/mol. The molecule has 2 aliphatic rings. The number of nitrogens with two attached hydrogens (primary N) is 1. The number of nitrogens with one attached hydrogen (secondary N) is 1. The molecule has 88 valence electrons. The van der Waals surface area contributed by atoms with E-state index in [0.29, 0.717) is 0 Å². The number of rotatable bonds is 0. The molecule has 15 heavy (non-hydrogen) atoms. The molecular formula is C10H17F3N2. The van der Waals surface area contributed by atoms with E-state index in [-0.39, 0.29) is 24.3 Å². The molecule has 0 radical (unpaired) electrons. The van der Waals surface area contributed by atoms with Gasteiger partial charge < -0.3 is 11.1 Å². The topological polar surface area (TPSA) is 38.0 Å². The first-order valence-electron chi connectivity index (χ1n) is 5.47. The molecule has 0 amide bonds. The van der Waals surface area contributed by atoms with Gasteiger partial charge in [-0.3, -0.25) is 0 Å². The van der Waals surface area contributed by atoms with Crippen LogP contribution in [-0.2, 0) is 0 Å². The zero-order chi connectivity index (χ0) is 11.1. The van der Waals surface area contributed by atoms with E-state index in [9.17, 15) is 13.2 Å². The quantitative estimate of drug-likeness (QED) is 0.654. The Morgan fingerprint density at radius 3 is 2.27 bits per heavy atom. The van der Waals surface area contributed by atoms with Crippen LogP contribution in [0.15, 0.2) is 0 Å². The molecule has 0 unspecified atom stereocenters. The zero-order valence-electron chi connectivity index (χ0n) is 8.61. The molecule has 1 spiro atoms. The summed E-state index contributed by atoms with van der Waals surface area (Å²) < 4.78 is 37.8. The van der Waals surface area contributed by atoms with E-state index < -0.39 is 12.1 Å². The van der Waals surface area contributed by atoms with E-state index in [0.717, 1.165) is 25.9 Å². The number of hydrogen-bond donors (Lipinski definition) is 2. The highest BCUT2D eigenvalue weighted by Gasteiger charge is 2.54. The first-order chi connectivity index (χ1) is 6.94.